The molecule has 0 aromatic rings. The van der Waals surface area contributed by atoms with Gasteiger partial charge in [0.15, 0.2) is 5.78 Å². The van der Waals surface area contributed by atoms with Crippen LogP contribution in [0.3, 0.4) is 0 Å². The van der Waals surface area contributed by atoms with Crippen molar-refractivity contribution in [3.63, 3.8) is 0 Å². The molecular weight excluding hydrogens is 592 g/mol. The maximum Gasteiger partial charge on any atom is 0.334 e. The maximum absolute atomic E-state index is 14.3. The Balaban J connectivity index is 1.32. The van der Waals surface area contributed by atoms with Crippen LogP contribution < -0.4 is 0 Å². The number of aliphatic hydroxyl groups excluding tert-OH is 2. The summed E-state index contributed by atoms with van der Waals surface area (Å²) < 4.78 is 17.4. The van der Waals surface area contributed by atoms with E-state index in [1.165, 1.54) is 18.8 Å². The zero-order valence-electron chi connectivity index (χ0n) is 27.1. The van der Waals surface area contributed by atoms with Crippen molar-refractivity contribution in [2.75, 3.05) is 20.3 Å². The van der Waals surface area contributed by atoms with Gasteiger partial charge in [0.25, 0.3) is 0 Å². The van der Waals surface area contributed by atoms with Gasteiger partial charge in [0, 0.05) is 40.0 Å². The molecule has 7 aliphatic carbocycles. The minimum Gasteiger partial charge on any atom is -0.466 e. The number of ether oxygens (including phenoxy) is 3. The van der Waals surface area contributed by atoms with Gasteiger partial charge in [0.2, 0.25) is 0 Å². The van der Waals surface area contributed by atoms with E-state index >= 15 is 0 Å². The zero-order valence-corrected chi connectivity index (χ0v) is 27.1. The summed E-state index contributed by atoms with van der Waals surface area (Å²) in [5.41, 5.74) is 0.0365. The van der Waals surface area contributed by atoms with Gasteiger partial charge < -0.3 is 29.5 Å². The molecule has 12 atom stereocenters. The fourth-order valence-electron chi connectivity index (χ4n) is 12.0. The van der Waals surface area contributed by atoms with Crippen molar-refractivity contribution in [1.82, 2.24) is 0 Å². The molecule has 12 unspecified atom stereocenters. The predicted molar refractivity (Wildman–Crippen MR) is 160 cm³/mol. The van der Waals surface area contributed by atoms with E-state index in [1.807, 2.05) is 6.92 Å². The number of hydrogen-bond donors (Lipinski definition) is 3. The third-order valence-electron chi connectivity index (χ3n) is 14.2. The molecule has 1 spiro atoms. The van der Waals surface area contributed by atoms with E-state index in [2.05, 4.69) is 6.92 Å². The lowest BCUT2D eigenvalue weighted by Gasteiger charge is -2.63. The first-order valence-electron chi connectivity index (χ1n) is 16.5. The molecule has 0 radical (unpaired) electrons. The number of methoxy groups -OCH3 is 1. The molecule has 46 heavy (non-hydrogen) atoms. The topological polar surface area (TPSA) is 157 Å². The van der Waals surface area contributed by atoms with Crippen LogP contribution in [0.2, 0.25) is 0 Å². The van der Waals surface area contributed by atoms with Gasteiger partial charge in [-0.1, -0.05) is 19.4 Å². The summed E-state index contributed by atoms with van der Waals surface area (Å²) in [5, 5.41) is 33.5. The number of esters is 3. The average molecular weight is 635 g/mol. The molecule has 1 aliphatic heterocycles. The van der Waals surface area contributed by atoms with Crippen LogP contribution in [-0.4, -0.2) is 76.6 Å². The fraction of sp³-hybridized carbons (Fsp3) is 0.667. The summed E-state index contributed by atoms with van der Waals surface area (Å²) in [6.45, 7) is 8.55. The van der Waals surface area contributed by atoms with Gasteiger partial charge in [0.05, 0.1) is 19.6 Å². The van der Waals surface area contributed by atoms with Crippen LogP contribution in [0.4, 0.5) is 0 Å². The Kier molecular flexibility index (Phi) is 5.97. The standard InChI is InChI=1S/C36H42O10/c1-14(12-37)7-25(38)45-13-35(43)22-10-21(22)33(4)23(35)11-19-15(2)32(42)46-36(19)24(33)9-18-17-8-20(17)34(5)27(18)28(36)26(29(39)30(34)40)16(3)31(41)44-6/h7,17,20-24,28,30,37,40,43H,8-13H2,1-6H3. The van der Waals surface area contributed by atoms with Crippen LogP contribution in [0.25, 0.3) is 0 Å². The van der Waals surface area contributed by atoms with Gasteiger partial charge in [-0.2, -0.15) is 0 Å². The van der Waals surface area contributed by atoms with E-state index < -0.39 is 57.7 Å². The van der Waals surface area contributed by atoms with Gasteiger partial charge in [-0.15, -0.1) is 0 Å². The minimum atomic E-state index is -1.35. The summed E-state index contributed by atoms with van der Waals surface area (Å²) in [4.78, 5) is 53.8. The van der Waals surface area contributed by atoms with E-state index in [0.29, 0.717) is 24.0 Å². The Hall–Kier alpha value is -3.08. The highest BCUT2D eigenvalue weighted by molar-refractivity contribution is 6.09. The number of allylic oxidation sites excluding steroid dienone is 1. The normalized spacial score (nSPS) is 48.5. The summed E-state index contributed by atoms with van der Waals surface area (Å²) in [5.74, 6) is -3.47. The number of rotatable bonds is 5. The first kappa shape index (κ1) is 30.3. The van der Waals surface area contributed by atoms with E-state index in [9.17, 15) is 34.5 Å². The molecule has 10 heteroatoms. The Morgan fingerprint density at radius 3 is 2.46 bits per heavy atom. The van der Waals surface area contributed by atoms with Gasteiger partial charge in [0.1, 0.15) is 23.9 Å². The van der Waals surface area contributed by atoms with Crippen molar-refractivity contribution in [2.24, 2.45) is 52.3 Å². The summed E-state index contributed by atoms with van der Waals surface area (Å²) in [6, 6.07) is 0. The Labute approximate surface area is 267 Å². The molecule has 246 valence electrons. The van der Waals surface area contributed by atoms with Crippen molar-refractivity contribution < 1.29 is 48.7 Å². The molecule has 0 bridgehead atoms. The van der Waals surface area contributed by atoms with E-state index in [1.54, 1.807) is 20.8 Å². The Morgan fingerprint density at radius 1 is 1.07 bits per heavy atom. The molecule has 0 aromatic carbocycles. The van der Waals surface area contributed by atoms with Crippen molar-refractivity contribution in [1.29, 1.82) is 0 Å². The lowest BCUT2D eigenvalue weighted by Crippen LogP contribution is -2.67. The van der Waals surface area contributed by atoms with E-state index in [-0.39, 0.29) is 59.9 Å². The van der Waals surface area contributed by atoms with Gasteiger partial charge in [-0.3, -0.25) is 4.79 Å². The highest BCUT2D eigenvalue weighted by Gasteiger charge is 2.84. The molecule has 0 amide bonds. The number of Topliss-reactive ketones (excluding diaryl/α,β-unsaturated/α-hetero) is 1. The molecule has 5 fully saturated rings. The van der Waals surface area contributed by atoms with Gasteiger partial charge >= 0.3 is 17.9 Å². The molecule has 0 aromatic heterocycles. The van der Waals surface area contributed by atoms with E-state index in [4.69, 9.17) is 14.2 Å². The number of ketones is 1. The molecule has 3 N–H and O–H groups in total. The third kappa shape index (κ3) is 3.24. The SMILES string of the molecule is COC(=O)C(C)=C1C(=O)C(O)C2(C)C3=C(CC4C5(OC(=O)C(C)=C5CC5C(O)(COC(=O)C=C(C)CO)C6CC6C54C)C13)C1CC12. The molecule has 0 saturated heterocycles. The second-order valence-corrected chi connectivity index (χ2v) is 15.8. The van der Waals surface area contributed by atoms with Crippen LogP contribution in [0.1, 0.15) is 60.3 Å². The van der Waals surface area contributed by atoms with Gasteiger partial charge in [-0.25, -0.2) is 14.4 Å². The lowest BCUT2D eigenvalue weighted by atomic mass is 9.42. The van der Waals surface area contributed by atoms with Crippen LogP contribution in [0, 0.1) is 52.3 Å². The predicted octanol–water partition coefficient (Wildman–Crippen LogP) is 2.51. The second-order valence-electron chi connectivity index (χ2n) is 15.8. The van der Waals surface area contributed by atoms with Gasteiger partial charge in [-0.05, 0) is 92.3 Å². The maximum atomic E-state index is 14.3. The molecule has 10 nitrogen and oxygen atoms in total. The first-order valence-corrected chi connectivity index (χ1v) is 16.5. The van der Waals surface area contributed by atoms with Crippen molar-refractivity contribution in [3.8, 4) is 0 Å². The van der Waals surface area contributed by atoms with Crippen molar-refractivity contribution in [2.45, 2.75) is 77.6 Å². The first-order chi connectivity index (χ1) is 21.6. The zero-order chi connectivity index (χ0) is 33.0. The number of carbonyl (C=O) groups is 4. The molecule has 1 heterocycles. The molecular formula is C36H42O10. The lowest BCUT2D eigenvalue weighted by molar-refractivity contribution is -0.191. The van der Waals surface area contributed by atoms with Crippen molar-refractivity contribution in [3.05, 3.63) is 45.1 Å². The largest absolute Gasteiger partial charge is 0.466 e. The summed E-state index contributed by atoms with van der Waals surface area (Å²) in [7, 11) is 1.26. The van der Waals surface area contributed by atoms with Crippen LogP contribution in [0.5, 0.6) is 0 Å². The second kappa shape index (κ2) is 9.08. The monoisotopic (exact) mass is 634 g/mol. The number of fused-ring (bicyclic) bond motifs is 7. The van der Waals surface area contributed by atoms with Crippen LogP contribution in [-0.2, 0) is 33.4 Å². The van der Waals surface area contributed by atoms with E-state index in [0.717, 1.165) is 24.0 Å². The fourth-order valence-corrected chi connectivity index (χ4v) is 12.0. The highest BCUT2D eigenvalue weighted by atomic mass is 16.6. The Bertz CT molecular complexity index is 1680. The third-order valence-corrected chi connectivity index (χ3v) is 14.2. The number of hydrogen-bond acceptors (Lipinski definition) is 10. The molecule has 8 aliphatic rings. The van der Waals surface area contributed by atoms with Crippen LogP contribution in [0.15, 0.2) is 45.1 Å². The number of carbonyl (C=O) groups excluding carboxylic acids is 4. The Morgan fingerprint density at radius 2 is 1.78 bits per heavy atom. The average Bonchev–Trinajstić information content (AvgIpc) is 3.94. The van der Waals surface area contributed by atoms with Crippen molar-refractivity contribution >= 4 is 23.7 Å². The molecule has 8 rings (SSSR count). The summed E-state index contributed by atoms with van der Waals surface area (Å²) in [6.07, 6.45) is 2.41. The smallest absolute Gasteiger partial charge is 0.334 e. The van der Waals surface area contributed by atoms with Crippen LogP contribution >= 0.6 is 0 Å². The minimum absolute atomic E-state index is 0.0721. The number of aliphatic hydroxyl groups is 3. The quantitative estimate of drug-likeness (QED) is 0.178. The summed E-state index contributed by atoms with van der Waals surface area (Å²) >= 11 is 0. The highest BCUT2D eigenvalue weighted by Crippen LogP contribution is 2.83. The molecule has 5 saturated carbocycles.